The van der Waals surface area contributed by atoms with Crippen molar-refractivity contribution in [1.29, 1.82) is 0 Å². The van der Waals surface area contributed by atoms with Gasteiger partial charge in [0.15, 0.2) is 0 Å². The average molecular weight is 204 g/mol. The zero-order valence-corrected chi connectivity index (χ0v) is 8.23. The third-order valence-corrected chi connectivity index (χ3v) is 2.62. The summed E-state index contributed by atoms with van der Waals surface area (Å²) in [6.45, 7) is 0. The number of aliphatic carboxylic acids is 1. The molecule has 2 N–H and O–H groups in total. The van der Waals surface area contributed by atoms with Crippen LogP contribution in [-0.4, -0.2) is 16.2 Å². The lowest BCUT2D eigenvalue weighted by Gasteiger charge is -2.17. The van der Waals surface area contributed by atoms with Crippen molar-refractivity contribution in [2.45, 2.75) is 19.3 Å². The van der Waals surface area contributed by atoms with E-state index < -0.39 is 5.97 Å². The Bertz CT molecular complexity index is 432. The number of rotatable bonds is 2. The molecule has 0 atom stereocenters. The zero-order chi connectivity index (χ0) is 10.8. The molecule has 15 heavy (non-hydrogen) atoms. The molecule has 0 amide bonds. The highest BCUT2D eigenvalue weighted by Crippen LogP contribution is 2.33. The zero-order valence-electron chi connectivity index (χ0n) is 8.23. The lowest BCUT2D eigenvalue weighted by Crippen LogP contribution is -2.04. The molecular weight excluding hydrogens is 192 g/mol. The Balaban J connectivity index is 2.42. The van der Waals surface area contributed by atoms with Gasteiger partial charge in [0.25, 0.3) is 0 Å². The number of phenolic OH excluding ortho intramolecular Hbond substituents is 1. The molecule has 0 aromatic heterocycles. The van der Waals surface area contributed by atoms with Gasteiger partial charge in [-0.2, -0.15) is 0 Å². The molecule has 0 heterocycles. The maximum absolute atomic E-state index is 10.7. The normalized spacial score (nSPS) is 14.3. The molecule has 0 radical (unpaired) electrons. The predicted molar refractivity (Wildman–Crippen MR) is 56.7 cm³/mol. The van der Waals surface area contributed by atoms with Crippen molar-refractivity contribution in [3.05, 3.63) is 35.4 Å². The van der Waals surface area contributed by atoms with Crippen molar-refractivity contribution >= 4 is 11.5 Å². The molecule has 1 aromatic rings. The molecule has 78 valence electrons. The van der Waals surface area contributed by atoms with E-state index in [-0.39, 0.29) is 12.2 Å². The Morgan fingerprint density at radius 2 is 2.20 bits per heavy atom. The van der Waals surface area contributed by atoms with Gasteiger partial charge in [0, 0.05) is 5.56 Å². The van der Waals surface area contributed by atoms with Crippen LogP contribution in [0.15, 0.2) is 24.3 Å². The number of carboxylic acids is 1. The maximum Gasteiger partial charge on any atom is 0.307 e. The summed E-state index contributed by atoms with van der Waals surface area (Å²) in [6, 6.07) is 5.25. The Morgan fingerprint density at radius 3 is 2.93 bits per heavy atom. The number of hydrogen-bond acceptors (Lipinski definition) is 2. The summed E-state index contributed by atoms with van der Waals surface area (Å²) in [4.78, 5) is 10.7. The predicted octanol–water partition coefficient (Wildman–Crippen LogP) is 2.20. The van der Waals surface area contributed by atoms with Gasteiger partial charge in [-0.15, -0.1) is 0 Å². The van der Waals surface area contributed by atoms with Gasteiger partial charge in [-0.05, 0) is 30.0 Å². The van der Waals surface area contributed by atoms with Crippen molar-refractivity contribution < 1.29 is 15.0 Å². The molecule has 1 aromatic carbocycles. The minimum Gasteiger partial charge on any atom is -0.508 e. The van der Waals surface area contributed by atoms with Gasteiger partial charge in [-0.3, -0.25) is 4.79 Å². The molecule has 2 rings (SSSR count). The van der Waals surface area contributed by atoms with Crippen LogP contribution in [0, 0.1) is 0 Å². The fourth-order valence-corrected chi connectivity index (χ4v) is 1.97. The number of phenols is 1. The summed E-state index contributed by atoms with van der Waals surface area (Å²) in [5.74, 6) is -0.569. The molecule has 0 bridgehead atoms. The molecule has 0 unspecified atom stereocenters. The number of carbonyl (C=O) groups is 1. The van der Waals surface area contributed by atoms with Crippen LogP contribution in [0.3, 0.4) is 0 Å². The van der Waals surface area contributed by atoms with Crippen LogP contribution in [0.1, 0.15) is 24.0 Å². The summed E-state index contributed by atoms with van der Waals surface area (Å²) >= 11 is 0. The summed E-state index contributed by atoms with van der Waals surface area (Å²) in [5, 5.41) is 18.4. The van der Waals surface area contributed by atoms with Crippen molar-refractivity contribution in [1.82, 2.24) is 0 Å². The molecule has 0 saturated carbocycles. The highest BCUT2D eigenvalue weighted by atomic mass is 16.4. The molecule has 0 fully saturated rings. The number of carboxylic acid groups (broad SMARTS) is 1. The number of allylic oxidation sites excluding steroid dienone is 1. The van der Waals surface area contributed by atoms with Crippen LogP contribution < -0.4 is 0 Å². The highest BCUT2D eigenvalue weighted by molar-refractivity contribution is 5.86. The first kappa shape index (κ1) is 9.77. The monoisotopic (exact) mass is 204 g/mol. The van der Waals surface area contributed by atoms with Crippen LogP contribution >= 0.6 is 0 Å². The fraction of sp³-hybridized carbons (Fsp3) is 0.250. The molecule has 0 saturated heterocycles. The van der Waals surface area contributed by atoms with Crippen LogP contribution in [-0.2, 0) is 11.2 Å². The molecule has 3 heteroatoms. The van der Waals surface area contributed by atoms with Crippen molar-refractivity contribution in [3.63, 3.8) is 0 Å². The van der Waals surface area contributed by atoms with Gasteiger partial charge < -0.3 is 10.2 Å². The number of aromatic hydroxyl groups is 1. The van der Waals surface area contributed by atoms with Crippen molar-refractivity contribution in [2.75, 3.05) is 0 Å². The van der Waals surface area contributed by atoms with E-state index in [1.807, 2.05) is 12.1 Å². The van der Waals surface area contributed by atoms with E-state index in [0.29, 0.717) is 0 Å². The minimum atomic E-state index is -0.836. The van der Waals surface area contributed by atoms with Gasteiger partial charge in [0.2, 0.25) is 0 Å². The Hall–Kier alpha value is -1.77. The fourth-order valence-electron chi connectivity index (χ4n) is 1.97. The number of hydrogen-bond donors (Lipinski definition) is 2. The van der Waals surface area contributed by atoms with E-state index in [9.17, 15) is 9.90 Å². The van der Waals surface area contributed by atoms with Crippen LogP contribution in [0.2, 0.25) is 0 Å². The topological polar surface area (TPSA) is 57.5 Å². The average Bonchev–Trinajstić information content (AvgIpc) is 2.19. The molecular formula is C12H12O3. The van der Waals surface area contributed by atoms with Gasteiger partial charge in [0.05, 0.1) is 6.42 Å². The summed E-state index contributed by atoms with van der Waals surface area (Å²) < 4.78 is 0. The van der Waals surface area contributed by atoms with Gasteiger partial charge >= 0.3 is 5.97 Å². The van der Waals surface area contributed by atoms with E-state index in [4.69, 9.17) is 5.11 Å². The van der Waals surface area contributed by atoms with Crippen LogP contribution in [0.4, 0.5) is 0 Å². The molecule has 0 aliphatic heterocycles. The van der Waals surface area contributed by atoms with Gasteiger partial charge in [0.1, 0.15) is 5.75 Å². The number of benzene rings is 1. The first-order valence-electron chi connectivity index (χ1n) is 4.90. The SMILES string of the molecule is O=C(O)CC1=CCCc2c(O)cccc21. The van der Waals surface area contributed by atoms with E-state index in [2.05, 4.69) is 0 Å². The maximum atomic E-state index is 10.7. The van der Waals surface area contributed by atoms with E-state index in [0.717, 1.165) is 29.5 Å². The Morgan fingerprint density at radius 1 is 1.40 bits per heavy atom. The highest BCUT2D eigenvalue weighted by Gasteiger charge is 2.16. The van der Waals surface area contributed by atoms with Crippen LogP contribution in [0.5, 0.6) is 5.75 Å². The second-order valence-corrected chi connectivity index (χ2v) is 3.64. The smallest absolute Gasteiger partial charge is 0.307 e. The largest absolute Gasteiger partial charge is 0.508 e. The quantitative estimate of drug-likeness (QED) is 0.776. The Labute approximate surface area is 87.7 Å². The lowest BCUT2D eigenvalue weighted by molar-refractivity contribution is -0.135. The number of fused-ring (bicyclic) bond motifs is 1. The first-order valence-corrected chi connectivity index (χ1v) is 4.90. The first-order chi connectivity index (χ1) is 7.18. The third kappa shape index (κ3) is 1.86. The molecule has 1 aliphatic rings. The van der Waals surface area contributed by atoms with E-state index in [1.54, 1.807) is 12.1 Å². The van der Waals surface area contributed by atoms with Crippen LogP contribution in [0.25, 0.3) is 5.57 Å². The summed E-state index contributed by atoms with van der Waals surface area (Å²) in [5.41, 5.74) is 2.56. The summed E-state index contributed by atoms with van der Waals surface area (Å²) in [6.07, 6.45) is 3.55. The second-order valence-electron chi connectivity index (χ2n) is 3.64. The second kappa shape index (κ2) is 3.77. The third-order valence-electron chi connectivity index (χ3n) is 2.62. The lowest BCUT2D eigenvalue weighted by atomic mass is 9.88. The minimum absolute atomic E-state index is 0.0243. The van der Waals surface area contributed by atoms with Gasteiger partial charge in [-0.1, -0.05) is 18.2 Å². The van der Waals surface area contributed by atoms with E-state index in [1.165, 1.54) is 0 Å². The Kier molecular flexibility index (Phi) is 2.46. The molecule has 3 nitrogen and oxygen atoms in total. The summed E-state index contributed by atoms with van der Waals surface area (Å²) in [7, 11) is 0. The molecule has 0 spiro atoms. The molecule has 1 aliphatic carbocycles. The van der Waals surface area contributed by atoms with Crippen molar-refractivity contribution in [3.8, 4) is 5.75 Å². The van der Waals surface area contributed by atoms with Gasteiger partial charge in [-0.25, -0.2) is 0 Å². The van der Waals surface area contributed by atoms with Crippen molar-refractivity contribution in [2.24, 2.45) is 0 Å². The van der Waals surface area contributed by atoms with E-state index >= 15 is 0 Å². The standard InChI is InChI=1S/C12H12O3/c13-11-6-2-4-9-8(7-12(14)15)3-1-5-10(9)11/h2-4,6,13H,1,5,7H2,(H,14,15).